The quantitative estimate of drug-likeness (QED) is 0.355. The molecule has 0 unspecified atom stereocenters. The second-order valence-corrected chi connectivity index (χ2v) is 9.14. The van der Waals surface area contributed by atoms with E-state index in [1.54, 1.807) is 31.0 Å². The van der Waals surface area contributed by atoms with E-state index in [4.69, 9.17) is 9.84 Å². The maximum atomic E-state index is 13.3. The van der Waals surface area contributed by atoms with E-state index in [0.717, 1.165) is 33.8 Å². The third-order valence-electron chi connectivity index (χ3n) is 5.92. The second-order valence-electron chi connectivity index (χ2n) is 8.07. The highest BCUT2D eigenvalue weighted by atomic mass is 32.2. The minimum absolute atomic E-state index is 0.102. The minimum atomic E-state index is -0.258. The molecule has 1 fully saturated rings. The molecule has 3 aromatic carbocycles. The number of carbonyl (C=O) groups excluding carboxylic acids is 1. The van der Waals surface area contributed by atoms with E-state index < -0.39 is 0 Å². The van der Waals surface area contributed by atoms with Crippen molar-refractivity contribution < 1.29 is 13.9 Å². The van der Waals surface area contributed by atoms with Crippen LogP contribution in [-0.4, -0.2) is 40.0 Å². The van der Waals surface area contributed by atoms with E-state index in [9.17, 15) is 9.18 Å². The molecule has 1 amide bonds. The van der Waals surface area contributed by atoms with Crippen molar-refractivity contribution in [2.45, 2.75) is 11.8 Å². The third-order valence-corrected chi connectivity index (χ3v) is 7.15. The first-order valence-corrected chi connectivity index (χ1v) is 12.1. The Morgan fingerprint density at radius 1 is 1.03 bits per heavy atom. The number of thioether (sulfide) groups is 1. The average molecular weight is 474 g/mol. The number of aromatic nitrogens is 2. The van der Waals surface area contributed by atoms with Crippen molar-refractivity contribution in [3.05, 3.63) is 102 Å². The van der Waals surface area contributed by atoms with Crippen molar-refractivity contribution in [2.75, 3.05) is 19.4 Å². The number of ether oxygens (including phenoxy) is 1. The summed E-state index contributed by atoms with van der Waals surface area (Å²) in [6.07, 6.45) is 2.68. The average Bonchev–Trinajstić information content (AvgIpc) is 3.48. The van der Waals surface area contributed by atoms with Crippen LogP contribution < -0.4 is 4.74 Å². The maximum Gasteiger partial charge on any atom is 0.233 e. The summed E-state index contributed by atoms with van der Waals surface area (Å²) in [4.78, 5) is 14.8. The molecule has 1 aliphatic heterocycles. The summed E-state index contributed by atoms with van der Waals surface area (Å²) in [5.74, 6) is 1.04. The van der Waals surface area contributed by atoms with Crippen LogP contribution in [0.3, 0.4) is 0 Å². The lowest BCUT2D eigenvalue weighted by Gasteiger charge is -2.24. The standard InChI is InChI=1S/C27H24FN3O2S/c1-33-23-13-9-20(10-14-23)26-24(17-31(29-26)22-5-3-2-4-6-22)27-30(25(32)18-34-27)16-15-19-7-11-21(28)12-8-19/h2-14,17,27H,15-16,18H2,1H3/t27-/m0/s1. The zero-order valence-electron chi connectivity index (χ0n) is 18.7. The molecule has 1 saturated heterocycles. The van der Waals surface area contributed by atoms with Crippen LogP contribution in [0.5, 0.6) is 5.75 Å². The van der Waals surface area contributed by atoms with E-state index in [2.05, 4.69) is 0 Å². The molecule has 0 N–H and O–H groups in total. The van der Waals surface area contributed by atoms with Gasteiger partial charge in [0.2, 0.25) is 5.91 Å². The largest absolute Gasteiger partial charge is 0.497 e. The van der Waals surface area contributed by atoms with Gasteiger partial charge in [-0.05, 0) is 60.5 Å². The molecule has 0 bridgehead atoms. The van der Waals surface area contributed by atoms with Gasteiger partial charge in [-0.15, -0.1) is 11.8 Å². The number of methoxy groups -OCH3 is 1. The number of nitrogens with zero attached hydrogens (tertiary/aromatic N) is 3. The Labute approximate surface area is 202 Å². The number of para-hydroxylation sites is 1. The normalized spacial score (nSPS) is 15.6. The topological polar surface area (TPSA) is 47.4 Å². The molecule has 1 aliphatic rings. The van der Waals surface area contributed by atoms with Gasteiger partial charge < -0.3 is 9.64 Å². The zero-order chi connectivity index (χ0) is 23.5. The fourth-order valence-corrected chi connectivity index (χ4v) is 5.33. The van der Waals surface area contributed by atoms with Crippen LogP contribution in [0.2, 0.25) is 0 Å². The Balaban J connectivity index is 1.50. The van der Waals surface area contributed by atoms with E-state index in [1.165, 1.54) is 12.1 Å². The highest BCUT2D eigenvalue weighted by Crippen LogP contribution is 2.43. The predicted molar refractivity (Wildman–Crippen MR) is 133 cm³/mol. The van der Waals surface area contributed by atoms with Crippen LogP contribution in [0.4, 0.5) is 4.39 Å². The number of amides is 1. The Hall–Kier alpha value is -3.58. The molecule has 7 heteroatoms. The van der Waals surface area contributed by atoms with Crippen LogP contribution >= 0.6 is 11.8 Å². The number of halogens is 1. The summed E-state index contributed by atoms with van der Waals surface area (Å²) < 4.78 is 20.5. The summed E-state index contributed by atoms with van der Waals surface area (Å²) in [6.45, 7) is 0.556. The van der Waals surface area contributed by atoms with E-state index in [0.29, 0.717) is 18.7 Å². The van der Waals surface area contributed by atoms with E-state index in [1.807, 2.05) is 70.4 Å². The minimum Gasteiger partial charge on any atom is -0.497 e. The highest BCUT2D eigenvalue weighted by Gasteiger charge is 2.35. The predicted octanol–water partition coefficient (Wildman–Crippen LogP) is 5.50. The van der Waals surface area contributed by atoms with Crippen LogP contribution in [0.25, 0.3) is 16.9 Å². The van der Waals surface area contributed by atoms with E-state index in [-0.39, 0.29) is 17.1 Å². The van der Waals surface area contributed by atoms with Crippen LogP contribution in [0.1, 0.15) is 16.5 Å². The molecule has 4 aromatic rings. The number of hydrogen-bond donors (Lipinski definition) is 0. The first kappa shape index (κ1) is 22.2. The SMILES string of the molecule is COc1ccc(-c2nn(-c3ccccc3)cc2[C@@H]2SCC(=O)N2CCc2ccc(F)cc2)cc1. The van der Waals surface area contributed by atoms with Crippen molar-refractivity contribution in [3.8, 4) is 22.7 Å². The van der Waals surface area contributed by atoms with Crippen molar-refractivity contribution in [2.24, 2.45) is 0 Å². The molecule has 34 heavy (non-hydrogen) atoms. The highest BCUT2D eigenvalue weighted by molar-refractivity contribution is 8.00. The summed E-state index contributed by atoms with van der Waals surface area (Å²) in [5.41, 5.74) is 4.74. The van der Waals surface area contributed by atoms with Gasteiger partial charge in [0.05, 0.1) is 24.2 Å². The van der Waals surface area contributed by atoms with Crippen molar-refractivity contribution >= 4 is 17.7 Å². The molecule has 0 aliphatic carbocycles. The monoisotopic (exact) mass is 473 g/mol. The van der Waals surface area contributed by atoms with E-state index >= 15 is 0 Å². The van der Waals surface area contributed by atoms with Crippen molar-refractivity contribution in [1.29, 1.82) is 0 Å². The lowest BCUT2D eigenvalue weighted by molar-refractivity contribution is -0.128. The van der Waals surface area contributed by atoms with Crippen molar-refractivity contribution in [1.82, 2.24) is 14.7 Å². The lowest BCUT2D eigenvalue weighted by Crippen LogP contribution is -2.30. The van der Waals surface area contributed by atoms with Crippen LogP contribution in [-0.2, 0) is 11.2 Å². The molecule has 5 nitrogen and oxygen atoms in total. The van der Waals surface area contributed by atoms with Gasteiger partial charge in [0.15, 0.2) is 0 Å². The molecule has 2 heterocycles. The molecule has 0 spiro atoms. The summed E-state index contributed by atoms with van der Waals surface area (Å²) in [5, 5.41) is 4.77. The molecule has 0 radical (unpaired) electrons. The summed E-state index contributed by atoms with van der Waals surface area (Å²) in [7, 11) is 1.64. The fraction of sp³-hybridized carbons (Fsp3) is 0.185. The van der Waals surface area contributed by atoms with Gasteiger partial charge in [-0.1, -0.05) is 30.3 Å². The van der Waals surface area contributed by atoms with Crippen molar-refractivity contribution in [3.63, 3.8) is 0 Å². The fourth-order valence-electron chi connectivity index (χ4n) is 4.11. The van der Waals surface area contributed by atoms with Gasteiger partial charge in [0.1, 0.15) is 16.9 Å². The Morgan fingerprint density at radius 3 is 2.47 bits per heavy atom. The zero-order valence-corrected chi connectivity index (χ0v) is 19.5. The molecule has 1 aromatic heterocycles. The van der Waals surface area contributed by atoms with Gasteiger partial charge in [0, 0.05) is 23.9 Å². The summed E-state index contributed by atoms with van der Waals surface area (Å²) >= 11 is 1.61. The molecular formula is C27H24FN3O2S. The van der Waals surface area contributed by atoms with Gasteiger partial charge >= 0.3 is 0 Å². The Kier molecular flexibility index (Phi) is 6.36. The Morgan fingerprint density at radius 2 is 1.76 bits per heavy atom. The number of benzene rings is 3. The maximum absolute atomic E-state index is 13.3. The number of rotatable bonds is 7. The third kappa shape index (κ3) is 4.56. The van der Waals surface area contributed by atoms with Crippen LogP contribution in [0, 0.1) is 5.82 Å². The molecule has 1 atom stereocenters. The first-order valence-electron chi connectivity index (χ1n) is 11.1. The smallest absolute Gasteiger partial charge is 0.233 e. The summed E-state index contributed by atoms with van der Waals surface area (Å²) in [6, 6.07) is 24.2. The Bertz CT molecular complexity index is 1270. The van der Waals surface area contributed by atoms with Crippen LogP contribution in [0.15, 0.2) is 85.1 Å². The number of hydrogen-bond acceptors (Lipinski definition) is 4. The first-order chi connectivity index (χ1) is 16.6. The molecule has 5 rings (SSSR count). The number of carbonyl (C=O) groups is 1. The second kappa shape index (κ2) is 9.73. The van der Waals surface area contributed by atoms with Gasteiger partial charge in [0.25, 0.3) is 0 Å². The molecule has 172 valence electrons. The lowest BCUT2D eigenvalue weighted by atomic mass is 10.1. The molecular weight excluding hydrogens is 449 g/mol. The van der Waals surface area contributed by atoms with Gasteiger partial charge in [-0.25, -0.2) is 9.07 Å². The molecule has 0 saturated carbocycles. The van der Waals surface area contributed by atoms with Gasteiger partial charge in [-0.2, -0.15) is 5.10 Å². The van der Waals surface area contributed by atoms with Gasteiger partial charge in [-0.3, -0.25) is 4.79 Å².